The lowest BCUT2D eigenvalue weighted by Gasteiger charge is -2.27. The molecule has 0 saturated carbocycles. The van der Waals surface area contributed by atoms with Crippen molar-refractivity contribution in [1.29, 1.82) is 0 Å². The molecule has 1 aromatic rings. The molecule has 0 aliphatic rings. The molecule has 3 heteroatoms. The summed E-state index contributed by atoms with van der Waals surface area (Å²) in [7, 11) is 0. The van der Waals surface area contributed by atoms with Gasteiger partial charge in [-0.05, 0) is 39.8 Å². The number of aryl methyl sites for hydroxylation is 1. The highest BCUT2D eigenvalue weighted by atomic mass is 32.1. The molecule has 1 N–H and O–H groups in total. The zero-order valence-corrected chi connectivity index (χ0v) is 10.8. The van der Waals surface area contributed by atoms with E-state index in [-0.39, 0.29) is 6.10 Å². The number of rotatable bonds is 5. The van der Waals surface area contributed by atoms with Crippen LogP contribution in [0.25, 0.3) is 0 Å². The lowest BCUT2D eigenvalue weighted by Crippen LogP contribution is -2.35. The van der Waals surface area contributed by atoms with Crippen molar-refractivity contribution >= 4 is 11.3 Å². The van der Waals surface area contributed by atoms with Crippen molar-refractivity contribution in [2.24, 2.45) is 0 Å². The first-order chi connectivity index (χ1) is 6.99. The van der Waals surface area contributed by atoms with Crippen molar-refractivity contribution in [3.8, 4) is 0 Å². The molecule has 0 amide bonds. The van der Waals surface area contributed by atoms with Crippen molar-refractivity contribution in [1.82, 2.24) is 4.90 Å². The Morgan fingerprint density at radius 1 is 1.33 bits per heavy atom. The number of hydrogen-bond acceptors (Lipinski definition) is 3. The van der Waals surface area contributed by atoms with Crippen LogP contribution in [-0.2, 0) is 6.54 Å². The summed E-state index contributed by atoms with van der Waals surface area (Å²) >= 11 is 1.84. The SMILES string of the molecule is Cc1ccc(CN(CC(C)O)C(C)C)s1. The third-order valence-electron chi connectivity index (χ3n) is 2.38. The Hall–Kier alpha value is -0.380. The van der Waals surface area contributed by atoms with E-state index in [1.807, 2.05) is 18.3 Å². The lowest BCUT2D eigenvalue weighted by molar-refractivity contribution is 0.103. The smallest absolute Gasteiger partial charge is 0.0639 e. The van der Waals surface area contributed by atoms with Crippen LogP contribution in [0, 0.1) is 6.92 Å². The van der Waals surface area contributed by atoms with E-state index in [9.17, 15) is 5.11 Å². The van der Waals surface area contributed by atoms with Crippen LogP contribution >= 0.6 is 11.3 Å². The van der Waals surface area contributed by atoms with Gasteiger partial charge in [-0.2, -0.15) is 0 Å². The number of thiophene rings is 1. The maximum atomic E-state index is 9.42. The van der Waals surface area contributed by atoms with E-state index >= 15 is 0 Å². The number of hydrogen-bond donors (Lipinski definition) is 1. The van der Waals surface area contributed by atoms with Crippen molar-refractivity contribution < 1.29 is 5.11 Å². The minimum atomic E-state index is -0.256. The molecule has 0 saturated heterocycles. The van der Waals surface area contributed by atoms with Gasteiger partial charge in [0.2, 0.25) is 0 Å². The Labute approximate surface area is 96.5 Å². The number of nitrogens with zero attached hydrogens (tertiary/aromatic N) is 1. The van der Waals surface area contributed by atoms with Gasteiger partial charge >= 0.3 is 0 Å². The fourth-order valence-corrected chi connectivity index (χ4v) is 2.48. The van der Waals surface area contributed by atoms with E-state index < -0.39 is 0 Å². The van der Waals surface area contributed by atoms with E-state index in [1.54, 1.807) is 0 Å². The van der Waals surface area contributed by atoms with Gasteiger partial charge in [0.15, 0.2) is 0 Å². The summed E-state index contributed by atoms with van der Waals surface area (Å²) in [6, 6.07) is 4.81. The number of aliphatic hydroxyl groups is 1. The van der Waals surface area contributed by atoms with Crippen molar-refractivity contribution in [3.05, 3.63) is 21.9 Å². The summed E-state index contributed by atoms with van der Waals surface area (Å²) < 4.78 is 0. The van der Waals surface area contributed by atoms with Gasteiger partial charge in [-0.3, -0.25) is 4.90 Å². The Morgan fingerprint density at radius 3 is 2.40 bits per heavy atom. The first kappa shape index (κ1) is 12.7. The van der Waals surface area contributed by atoms with E-state index in [0.717, 1.165) is 13.1 Å². The van der Waals surface area contributed by atoms with Crippen LogP contribution in [0.2, 0.25) is 0 Å². The normalized spacial score (nSPS) is 13.8. The first-order valence-electron chi connectivity index (χ1n) is 5.46. The maximum Gasteiger partial charge on any atom is 0.0639 e. The van der Waals surface area contributed by atoms with E-state index in [1.165, 1.54) is 9.75 Å². The second-order valence-electron chi connectivity index (χ2n) is 4.38. The van der Waals surface area contributed by atoms with Crippen molar-refractivity contribution in [2.75, 3.05) is 6.54 Å². The second-order valence-corrected chi connectivity index (χ2v) is 5.76. The van der Waals surface area contributed by atoms with E-state index in [0.29, 0.717) is 6.04 Å². The van der Waals surface area contributed by atoms with Gasteiger partial charge in [0.1, 0.15) is 0 Å². The van der Waals surface area contributed by atoms with Gasteiger partial charge in [0, 0.05) is 28.9 Å². The molecule has 0 spiro atoms. The maximum absolute atomic E-state index is 9.42. The summed E-state index contributed by atoms with van der Waals surface area (Å²) in [4.78, 5) is 5.03. The molecule has 1 unspecified atom stereocenters. The van der Waals surface area contributed by atoms with Crippen LogP contribution in [-0.4, -0.2) is 28.7 Å². The highest BCUT2D eigenvalue weighted by molar-refractivity contribution is 7.11. The molecule has 0 fully saturated rings. The molecule has 0 aliphatic heterocycles. The van der Waals surface area contributed by atoms with Gasteiger partial charge in [-0.1, -0.05) is 0 Å². The van der Waals surface area contributed by atoms with Crippen LogP contribution in [0.1, 0.15) is 30.5 Å². The topological polar surface area (TPSA) is 23.5 Å². The largest absolute Gasteiger partial charge is 0.392 e. The minimum absolute atomic E-state index is 0.256. The Morgan fingerprint density at radius 2 is 2.00 bits per heavy atom. The van der Waals surface area contributed by atoms with Gasteiger partial charge in [-0.15, -0.1) is 11.3 Å². The fourth-order valence-electron chi connectivity index (χ4n) is 1.57. The van der Waals surface area contributed by atoms with Gasteiger partial charge in [-0.25, -0.2) is 0 Å². The second kappa shape index (κ2) is 5.64. The molecule has 2 nitrogen and oxygen atoms in total. The standard InChI is InChI=1S/C12H21NOS/c1-9(2)13(7-10(3)14)8-12-6-5-11(4)15-12/h5-6,9-10,14H,7-8H2,1-4H3. The summed E-state index contributed by atoms with van der Waals surface area (Å²) in [5.74, 6) is 0. The van der Waals surface area contributed by atoms with Gasteiger partial charge < -0.3 is 5.11 Å². The van der Waals surface area contributed by atoms with Crippen LogP contribution < -0.4 is 0 Å². The Balaban J connectivity index is 2.58. The Kier molecular flexibility index (Phi) is 4.77. The molecule has 1 rings (SSSR count). The monoisotopic (exact) mass is 227 g/mol. The Bertz CT molecular complexity index is 294. The van der Waals surface area contributed by atoms with Gasteiger partial charge in [0.05, 0.1) is 6.10 Å². The molecular formula is C12H21NOS. The average Bonchev–Trinajstić information content (AvgIpc) is 2.49. The summed E-state index contributed by atoms with van der Waals surface area (Å²) in [6.45, 7) is 10.00. The molecule has 0 radical (unpaired) electrons. The summed E-state index contributed by atoms with van der Waals surface area (Å²) in [5, 5.41) is 9.42. The molecule has 1 heterocycles. The van der Waals surface area contributed by atoms with Crippen LogP contribution in [0.15, 0.2) is 12.1 Å². The summed E-state index contributed by atoms with van der Waals surface area (Å²) in [6.07, 6.45) is -0.256. The predicted molar refractivity (Wildman–Crippen MR) is 66.3 cm³/mol. The molecule has 0 aliphatic carbocycles. The molecule has 15 heavy (non-hydrogen) atoms. The van der Waals surface area contributed by atoms with Crippen molar-refractivity contribution in [2.45, 2.75) is 46.4 Å². The number of aliphatic hydroxyl groups excluding tert-OH is 1. The molecule has 0 aromatic carbocycles. The van der Waals surface area contributed by atoms with E-state index in [2.05, 4.69) is 37.8 Å². The quantitative estimate of drug-likeness (QED) is 0.836. The first-order valence-corrected chi connectivity index (χ1v) is 6.28. The third kappa shape index (κ3) is 4.33. The van der Waals surface area contributed by atoms with Crippen molar-refractivity contribution in [3.63, 3.8) is 0 Å². The van der Waals surface area contributed by atoms with Crippen LogP contribution in [0.4, 0.5) is 0 Å². The third-order valence-corrected chi connectivity index (χ3v) is 3.37. The van der Waals surface area contributed by atoms with Crippen LogP contribution in [0.3, 0.4) is 0 Å². The zero-order valence-electron chi connectivity index (χ0n) is 10.0. The molecule has 0 bridgehead atoms. The van der Waals surface area contributed by atoms with Gasteiger partial charge in [0.25, 0.3) is 0 Å². The highest BCUT2D eigenvalue weighted by Crippen LogP contribution is 2.18. The molecule has 86 valence electrons. The minimum Gasteiger partial charge on any atom is -0.392 e. The zero-order chi connectivity index (χ0) is 11.4. The molecule has 1 aromatic heterocycles. The fraction of sp³-hybridized carbons (Fsp3) is 0.667. The molecular weight excluding hydrogens is 206 g/mol. The predicted octanol–water partition coefficient (Wildman–Crippen LogP) is 2.65. The van der Waals surface area contributed by atoms with E-state index in [4.69, 9.17) is 0 Å². The summed E-state index contributed by atoms with van der Waals surface area (Å²) in [5.41, 5.74) is 0. The lowest BCUT2D eigenvalue weighted by atomic mass is 10.2. The molecule has 1 atom stereocenters. The van der Waals surface area contributed by atoms with Crippen LogP contribution in [0.5, 0.6) is 0 Å². The average molecular weight is 227 g/mol. The highest BCUT2D eigenvalue weighted by Gasteiger charge is 2.13.